The Balaban J connectivity index is 1.40. The minimum atomic E-state index is -0.370. The van der Waals surface area contributed by atoms with Gasteiger partial charge in [0.15, 0.2) is 5.69 Å². The van der Waals surface area contributed by atoms with Gasteiger partial charge in [0.1, 0.15) is 17.3 Å². The number of amides is 1. The molecule has 7 nitrogen and oxygen atoms in total. The molecule has 0 unspecified atom stereocenters. The smallest absolute Gasteiger partial charge is 0.321 e. The van der Waals surface area contributed by atoms with Gasteiger partial charge in [0.05, 0.1) is 0 Å². The second kappa shape index (κ2) is 8.22. The molecule has 0 saturated carbocycles. The van der Waals surface area contributed by atoms with E-state index < -0.39 is 0 Å². The van der Waals surface area contributed by atoms with Gasteiger partial charge in [-0.2, -0.15) is 5.10 Å². The van der Waals surface area contributed by atoms with E-state index in [4.69, 9.17) is 4.74 Å². The molecule has 4 aromatic rings. The summed E-state index contributed by atoms with van der Waals surface area (Å²) in [6, 6.07) is 13.7. The third-order valence-corrected chi connectivity index (χ3v) is 5.42. The van der Waals surface area contributed by atoms with E-state index in [2.05, 4.69) is 20.4 Å². The van der Waals surface area contributed by atoms with Gasteiger partial charge in [-0.3, -0.25) is 4.79 Å². The van der Waals surface area contributed by atoms with Crippen molar-refractivity contribution in [1.82, 2.24) is 19.7 Å². The fourth-order valence-corrected chi connectivity index (χ4v) is 3.91. The van der Waals surface area contributed by atoms with Gasteiger partial charge in [0.2, 0.25) is 0 Å². The van der Waals surface area contributed by atoms with Crippen LogP contribution in [0.4, 0.5) is 10.1 Å². The number of rotatable bonds is 5. The van der Waals surface area contributed by atoms with Crippen LogP contribution in [0.5, 0.6) is 11.8 Å². The Kier molecular flexibility index (Phi) is 5.10. The van der Waals surface area contributed by atoms with Crippen LogP contribution in [-0.4, -0.2) is 25.7 Å². The van der Waals surface area contributed by atoms with E-state index in [0.29, 0.717) is 22.8 Å². The first-order valence-corrected chi connectivity index (χ1v) is 10.3. The molecule has 5 rings (SSSR count). The summed E-state index contributed by atoms with van der Waals surface area (Å²) in [5.41, 5.74) is 3.91. The van der Waals surface area contributed by atoms with Gasteiger partial charge in [-0.1, -0.05) is 12.1 Å². The zero-order chi connectivity index (χ0) is 22.1. The Morgan fingerprint density at radius 3 is 2.69 bits per heavy atom. The monoisotopic (exact) mass is 429 g/mol. The molecule has 0 fully saturated rings. The van der Waals surface area contributed by atoms with Gasteiger partial charge in [0.25, 0.3) is 5.91 Å². The molecule has 160 valence electrons. The predicted octanol–water partition coefficient (Wildman–Crippen LogP) is 4.64. The molecule has 2 heterocycles. The fourth-order valence-electron chi connectivity index (χ4n) is 3.91. The molecule has 0 bridgehead atoms. The van der Waals surface area contributed by atoms with Crippen LogP contribution < -0.4 is 10.1 Å². The number of hydrogen-bond acceptors (Lipinski definition) is 5. The van der Waals surface area contributed by atoms with E-state index in [1.54, 1.807) is 59.5 Å². The number of carbonyl (C=O) groups is 1. The molecule has 0 aliphatic heterocycles. The van der Waals surface area contributed by atoms with E-state index in [9.17, 15) is 9.18 Å². The Labute approximate surface area is 183 Å². The number of aryl methyl sites for hydroxylation is 1. The van der Waals surface area contributed by atoms with Crippen LogP contribution in [0.1, 0.15) is 33.7 Å². The maximum Gasteiger partial charge on any atom is 0.321 e. The zero-order valence-electron chi connectivity index (χ0n) is 17.4. The van der Waals surface area contributed by atoms with Crippen LogP contribution in [-0.2, 0) is 12.8 Å². The molecular weight excluding hydrogens is 409 g/mol. The number of anilines is 1. The summed E-state index contributed by atoms with van der Waals surface area (Å²) in [6.45, 7) is 1.87. The van der Waals surface area contributed by atoms with Gasteiger partial charge >= 0.3 is 6.01 Å². The molecule has 2 aromatic carbocycles. The lowest BCUT2D eigenvalue weighted by atomic mass is 10.1. The first kappa shape index (κ1) is 19.9. The Morgan fingerprint density at radius 1 is 1.09 bits per heavy atom. The molecule has 0 atom stereocenters. The minimum absolute atomic E-state index is 0.248. The lowest BCUT2D eigenvalue weighted by Gasteiger charge is -2.10. The molecule has 1 aliphatic rings. The first-order chi connectivity index (χ1) is 15.6. The number of nitrogens with one attached hydrogen (secondary N) is 1. The second-order valence-electron chi connectivity index (χ2n) is 7.55. The highest BCUT2D eigenvalue weighted by molar-refractivity contribution is 6.04. The summed E-state index contributed by atoms with van der Waals surface area (Å²) in [5.74, 6) is -0.122. The third kappa shape index (κ3) is 3.71. The largest absolute Gasteiger partial charge is 0.424 e. The van der Waals surface area contributed by atoms with E-state index >= 15 is 0 Å². The highest BCUT2D eigenvalue weighted by Gasteiger charge is 2.28. The molecule has 8 heteroatoms. The van der Waals surface area contributed by atoms with Gasteiger partial charge in [-0.05, 0) is 68.1 Å². The zero-order valence-corrected chi connectivity index (χ0v) is 17.4. The number of halogens is 1. The summed E-state index contributed by atoms with van der Waals surface area (Å²) in [6.07, 6.45) is 5.62. The highest BCUT2D eigenvalue weighted by Crippen LogP contribution is 2.30. The van der Waals surface area contributed by atoms with E-state index in [-0.39, 0.29) is 17.7 Å². The van der Waals surface area contributed by atoms with Crippen LogP contribution >= 0.6 is 0 Å². The lowest BCUT2D eigenvalue weighted by Crippen LogP contribution is -2.15. The Morgan fingerprint density at radius 2 is 1.91 bits per heavy atom. The normalized spacial score (nSPS) is 12.4. The van der Waals surface area contributed by atoms with Crippen molar-refractivity contribution in [1.29, 1.82) is 0 Å². The number of hydrogen-bond donors (Lipinski definition) is 1. The summed E-state index contributed by atoms with van der Waals surface area (Å²) >= 11 is 0. The average molecular weight is 429 g/mol. The number of fused-ring (bicyclic) bond motifs is 1. The minimum Gasteiger partial charge on any atom is -0.424 e. The number of nitrogens with zero attached hydrogens (tertiary/aromatic N) is 4. The van der Waals surface area contributed by atoms with E-state index in [1.807, 2.05) is 6.92 Å². The van der Waals surface area contributed by atoms with E-state index in [1.165, 1.54) is 6.07 Å². The molecule has 2 aromatic heterocycles. The Bertz CT molecular complexity index is 1300. The maximum atomic E-state index is 14.4. The van der Waals surface area contributed by atoms with Gasteiger partial charge in [0, 0.05) is 29.3 Å². The lowest BCUT2D eigenvalue weighted by molar-refractivity contribution is 0.102. The van der Waals surface area contributed by atoms with Crippen molar-refractivity contribution in [2.75, 3.05) is 5.32 Å². The van der Waals surface area contributed by atoms with Crippen molar-refractivity contribution >= 4 is 11.6 Å². The number of para-hydroxylation sites is 1. The fraction of sp³-hybridized carbons (Fsp3) is 0.167. The van der Waals surface area contributed by atoms with Crippen molar-refractivity contribution in [3.63, 3.8) is 0 Å². The van der Waals surface area contributed by atoms with Gasteiger partial charge < -0.3 is 10.1 Å². The third-order valence-electron chi connectivity index (χ3n) is 5.42. The molecule has 1 N–H and O–H groups in total. The van der Waals surface area contributed by atoms with Crippen LogP contribution in [0.25, 0.3) is 5.69 Å². The van der Waals surface area contributed by atoms with Gasteiger partial charge in [-0.25, -0.2) is 19.0 Å². The summed E-state index contributed by atoms with van der Waals surface area (Å²) in [7, 11) is 0. The van der Waals surface area contributed by atoms with Crippen molar-refractivity contribution in [2.24, 2.45) is 0 Å². The molecule has 0 radical (unpaired) electrons. The number of benzene rings is 2. The summed E-state index contributed by atoms with van der Waals surface area (Å²) in [4.78, 5) is 21.2. The molecule has 0 saturated heterocycles. The summed E-state index contributed by atoms with van der Waals surface area (Å²) in [5, 5.41) is 7.42. The quantitative estimate of drug-likeness (QED) is 0.500. The van der Waals surface area contributed by atoms with Crippen molar-refractivity contribution in [3.05, 3.63) is 89.3 Å². The van der Waals surface area contributed by atoms with Crippen LogP contribution in [0.2, 0.25) is 0 Å². The van der Waals surface area contributed by atoms with Crippen molar-refractivity contribution in [3.8, 4) is 17.4 Å². The van der Waals surface area contributed by atoms with Crippen LogP contribution in [0.3, 0.4) is 0 Å². The maximum absolute atomic E-state index is 14.4. The molecular formula is C24H20FN5O2. The standard InChI is InChI=1S/C24H20FN5O2/c1-15-14-16(32-24-26-12-5-13-27-24)10-11-19(15)28-23(31)22-17-6-4-9-20(17)30(29-22)21-8-3-2-7-18(21)25/h2-3,5,7-8,10-14H,4,6,9H2,1H3,(H,28,31). The van der Waals surface area contributed by atoms with E-state index in [0.717, 1.165) is 36.1 Å². The number of carbonyl (C=O) groups excluding carboxylic acids is 1. The van der Waals surface area contributed by atoms with Crippen LogP contribution in [0, 0.1) is 12.7 Å². The molecule has 32 heavy (non-hydrogen) atoms. The van der Waals surface area contributed by atoms with Crippen molar-refractivity contribution < 1.29 is 13.9 Å². The van der Waals surface area contributed by atoms with Crippen molar-refractivity contribution in [2.45, 2.75) is 26.2 Å². The molecule has 0 spiro atoms. The number of aromatic nitrogens is 4. The molecule has 1 amide bonds. The first-order valence-electron chi connectivity index (χ1n) is 10.3. The Hall–Kier alpha value is -4.07. The van der Waals surface area contributed by atoms with Gasteiger partial charge in [-0.15, -0.1) is 0 Å². The van der Waals surface area contributed by atoms with Crippen LogP contribution in [0.15, 0.2) is 60.9 Å². The molecule has 1 aliphatic carbocycles. The number of ether oxygens (including phenoxy) is 1. The summed E-state index contributed by atoms with van der Waals surface area (Å²) < 4.78 is 21.6. The second-order valence-corrected chi connectivity index (χ2v) is 7.55. The predicted molar refractivity (Wildman–Crippen MR) is 117 cm³/mol. The average Bonchev–Trinajstić information content (AvgIpc) is 3.40. The topological polar surface area (TPSA) is 81.9 Å². The SMILES string of the molecule is Cc1cc(Oc2ncccn2)ccc1NC(=O)c1nn(-c2ccccc2F)c2c1CCC2. The highest BCUT2D eigenvalue weighted by atomic mass is 19.1.